The molecule has 1 aliphatic heterocycles. The first kappa shape index (κ1) is 11.3. The van der Waals surface area contributed by atoms with Gasteiger partial charge in [-0.25, -0.2) is 0 Å². The zero-order valence-electron chi connectivity index (χ0n) is 8.37. The molecule has 4 nitrogen and oxygen atoms in total. The highest BCUT2D eigenvalue weighted by Crippen LogP contribution is 2.49. The molecule has 84 valence electrons. The van der Waals surface area contributed by atoms with E-state index in [1.807, 2.05) is 0 Å². The van der Waals surface area contributed by atoms with E-state index in [1.54, 1.807) is 0 Å². The van der Waals surface area contributed by atoms with Gasteiger partial charge in [0, 0.05) is 6.42 Å². The van der Waals surface area contributed by atoms with E-state index in [0.717, 1.165) is 0 Å². The Hall–Kier alpha value is -0.170. The molecule has 3 atom stereocenters. The van der Waals surface area contributed by atoms with Crippen molar-refractivity contribution in [3.05, 3.63) is 0 Å². The van der Waals surface area contributed by atoms with E-state index in [9.17, 15) is 9.59 Å². The third-order valence-corrected chi connectivity index (χ3v) is 5.21. The van der Waals surface area contributed by atoms with Crippen molar-refractivity contribution in [2.45, 2.75) is 35.7 Å². The summed E-state index contributed by atoms with van der Waals surface area (Å²) in [6, 6.07) is 0. The number of halogens is 1. The Morgan fingerprint density at radius 1 is 1.53 bits per heavy atom. The Morgan fingerprint density at radius 3 is 2.93 bits per heavy atom. The van der Waals surface area contributed by atoms with Crippen LogP contribution in [0.3, 0.4) is 0 Å². The van der Waals surface area contributed by atoms with Gasteiger partial charge in [0.15, 0.2) is 5.78 Å². The summed E-state index contributed by atoms with van der Waals surface area (Å²) in [7, 11) is 0. The number of hydrogen-bond acceptors (Lipinski definition) is 4. The van der Waals surface area contributed by atoms with Crippen molar-refractivity contribution in [3.8, 4) is 0 Å². The van der Waals surface area contributed by atoms with Gasteiger partial charge in [-0.1, -0.05) is 22.6 Å². The monoisotopic (exact) mass is 323 g/mol. The third-order valence-electron chi connectivity index (χ3n) is 3.35. The minimum Gasteiger partial charge on any atom is -0.460 e. The first-order chi connectivity index (χ1) is 7.13. The van der Waals surface area contributed by atoms with Gasteiger partial charge in [-0.3, -0.25) is 9.59 Å². The van der Waals surface area contributed by atoms with Crippen molar-refractivity contribution in [3.63, 3.8) is 0 Å². The average molecular weight is 323 g/mol. The molecule has 1 saturated heterocycles. The van der Waals surface area contributed by atoms with Crippen molar-refractivity contribution in [2.24, 2.45) is 11.1 Å². The van der Waals surface area contributed by atoms with Gasteiger partial charge in [-0.15, -0.1) is 0 Å². The molecular weight excluding hydrogens is 309 g/mol. The van der Waals surface area contributed by atoms with E-state index < -0.39 is 5.41 Å². The summed E-state index contributed by atoms with van der Waals surface area (Å²) in [6.45, 7) is 0.510. The summed E-state index contributed by atoms with van der Waals surface area (Å²) < 4.78 is 5.26. The third kappa shape index (κ3) is 1.51. The maximum Gasteiger partial charge on any atom is 0.321 e. The predicted molar refractivity (Wildman–Crippen MR) is 62.7 cm³/mol. The van der Waals surface area contributed by atoms with Gasteiger partial charge in [0.25, 0.3) is 0 Å². The maximum absolute atomic E-state index is 12.0. The quantitative estimate of drug-likeness (QED) is 0.361. The minimum absolute atomic E-state index is 0.00426. The molecule has 1 saturated carbocycles. The topological polar surface area (TPSA) is 69.4 Å². The van der Waals surface area contributed by atoms with Gasteiger partial charge < -0.3 is 10.5 Å². The fourth-order valence-electron chi connectivity index (χ4n) is 2.46. The Labute approximate surface area is 102 Å². The second-order valence-electron chi connectivity index (χ2n) is 4.17. The fourth-order valence-corrected chi connectivity index (χ4v) is 3.88. The first-order valence-corrected chi connectivity index (χ1v) is 6.46. The van der Waals surface area contributed by atoms with E-state index >= 15 is 0 Å². The second kappa shape index (κ2) is 4.01. The number of fused-ring (bicyclic) bond motifs is 2. The van der Waals surface area contributed by atoms with Crippen LogP contribution >= 0.6 is 22.6 Å². The van der Waals surface area contributed by atoms with E-state index in [2.05, 4.69) is 22.6 Å². The van der Waals surface area contributed by atoms with E-state index in [-0.39, 0.29) is 21.8 Å². The highest BCUT2D eigenvalue weighted by atomic mass is 127. The summed E-state index contributed by atoms with van der Waals surface area (Å²) in [5.74, 6) is -0.267. The smallest absolute Gasteiger partial charge is 0.321 e. The number of rotatable bonds is 3. The first-order valence-electron chi connectivity index (χ1n) is 5.21. The molecule has 0 radical (unpaired) electrons. The van der Waals surface area contributed by atoms with Gasteiger partial charge >= 0.3 is 5.97 Å². The van der Waals surface area contributed by atoms with Crippen LogP contribution in [-0.4, -0.2) is 28.3 Å². The van der Waals surface area contributed by atoms with E-state index in [0.29, 0.717) is 32.2 Å². The van der Waals surface area contributed by atoms with Gasteiger partial charge in [-0.2, -0.15) is 0 Å². The summed E-state index contributed by atoms with van der Waals surface area (Å²) in [6.07, 6.45) is 2.34. The molecule has 0 aromatic carbocycles. The van der Waals surface area contributed by atoms with Crippen LogP contribution < -0.4 is 5.73 Å². The lowest BCUT2D eigenvalue weighted by atomic mass is 9.71. The maximum atomic E-state index is 12.0. The zero-order valence-corrected chi connectivity index (χ0v) is 10.5. The largest absolute Gasteiger partial charge is 0.460 e. The molecule has 1 aliphatic carbocycles. The van der Waals surface area contributed by atoms with Crippen LogP contribution in [0.2, 0.25) is 0 Å². The fraction of sp³-hybridized carbons (Fsp3) is 0.800. The predicted octanol–water partition coefficient (Wildman–Crippen LogP) is 0.804. The van der Waals surface area contributed by atoms with Crippen molar-refractivity contribution >= 4 is 34.3 Å². The summed E-state index contributed by atoms with van der Waals surface area (Å²) in [5.41, 5.74) is 4.57. The molecule has 2 aliphatic rings. The Bertz CT molecular complexity index is 297. The molecule has 1 heterocycles. The molecular formula is C10H14INO3. The van der Waals surface area contributed by atoms with Gasteiger partial charge in [0.1, 0.15) is 11.5 Å². The number of ether oxygens (including phenoxy) is 1. The highest BCUT2D eigenvalue weighted by Gasteiger charge is 2.62. The molecule has 2 fully saturated rings. The molecule has 2 N–H and O–H groups in total. The number of Topliss-reactive ketones (excluding diaryl/α,β-unsaturated/α-hetero) is 1. The van der Waals surface area contributed by atoms with Crippen LogP contribution in [0, 0.1) is 5.41 Å². The van der Waals surface area contributed by atoms with E-state index in [4.69, 9.17) is 10.5 Å². The van der Waals surface area contributed by atoms with Crippen LogP contribution in [-0.2, 0) is 14.3 Å². The van der Waals surface area contributed by atoms with Crippen LogP contribution in [0.25, 0.3) is 0 Å². The molecule has 0 spiro atoms. The number of ketones is 1. The molecule has 2 bridgehead atoms. The average Bonchev–Trinajstić information content (AvgIpc) is 2.37. The number of carbonyl (C=O) groups excluding carboxylic acids is 2. The highest BCUT2D eigenvalue weighted by molar-refractivity contribution is 14.1. The standard InChI is InChI=1S/C10H14INO3/c11-8-6-2-3-7(13)10(8,4-1-5-12)9(14)15-6/h6,8H,1-5,12H2/t6-,8+,10+/m1/s1. The molecule has 0 unspecified atom stereocenters. The zero-order chi connectivity index (χ0) is 11.1. The molecule has 0 aromatic rings. The van der Waals surface area contributed by atoms with Crippen molar-refractivity contribution < 1.29 is 14.3 Å². The Balaban J connectivity index is 2.29. The molecule has 0 amide bonds. The Morgan fingerprint density at radius 2 is 2.27 bits per heavy atom. The van der Waals surface area contributed by atoms with Crippen molar-refractivity contribution in [1.82, 2.24) is 0 Å². The van der Waals surface area contributed by atoms with Crippen LogP contribution in [0.4, 0.5) is 0 Å². The Kier molecular flexibility index (Phi) is 3.03. The second-order valence-corrected chi connectivity index (χ2v) is 5.51. The SMILES string of the molecule is NCCC[C@@]12C(=O)CC[C@@H](OC1=O)[C@@H]2I. The lowest BCUT2D eigenvalue weighted by Gasteiger charge is -2.31. The van der Waals surface area contributed by atoms with Crippen LogP contribution in [0.15, 0.2) is 0 Å². The molecule has 0 aromatic heterocycles. The number of esters is 1. The number of hydrogen-bond donors (Lipinski definition) is 1. The van der Waals surface area contributed by atoms with E-state index in [1.165, 1.54) is 0 Å². The minimum atomic E-state index is -0.872. The summed E-state index contributed by atoms with van der Waals surface area (Å²) in [4.78, 5) is 23.8. The van der Waals surface area contributed by atoms with Gasteiger partial charge in [-0.05, 0) is 25.8 Å². The normalized spacial score (nSPS) is 39.3. The van der Waals surface area contributed by atoms with Crippen LogP contribution in [0.1, 0.15) is 25.7 Å². The molecule has 5 heteroatoms. The number of nitrogens with two attached hydrogens (primary N) is 1. The van der Waals surface area contributed by atoms with Gasteiger partial charge in [0.2, 0.25) is 0 Å². The van der Waals surface area contributed by atoms with Crippen LogP contribution in [0.5, 0.6) is 0 Å². The van der Waals surface area contributed by atoms with Crippen molar-refractivity contribution in [2.75, 3.05) is 6.54 Å². The molecule has 2 rings (SSSR count). The summed E-state index contributed by atoms with van der Waals surface area (Å²) >= 11 is 2.19. The van der Waals surface area contributed by atoms with Crippen molar-refractivity contribution in [1.29, 1.82) is 0 Å². The van der Waals surface area contributed by atoms with Gasteiger partial charge in [0.05, 0.1) is 3.92 Å². The number of alkyl halides is 1. The lowest BCUT2D eigenvalue weighted by molar-refractivity contribution is -0.151. The lowest BCUT2D eigenvalue weighted by Crippen LogP contribution is -2.46. The summed E-state index contributed by atoms with van der Waals surface area (Å²) in [5, 5.41) is 0. The number of carbonyl (C=O) groups is 2. The molecule has 15 heavy (non-hydrogen) atoms.